The van der Waals surface area contributed by atoms with Gasteiger partial charge in [0.15, 0.2) is 0 Å². The maximum Gasteiger partial charge on any atom is 0.115 e. The van der Waals surface area contributed by atoms with Crippen LogP contribution in [0.25, 0.3) is 0 Å². The van der Waals surface area contributed by atoms with Crippen molar-refractivity contribution in [3.05, 3.63) is 28.2 Å². The summed E-state index contributed by atoms with van der Waals surface area (Å²) in [5.74, 6) is 0.298. The molecule has 1 aromatic rings. The minimum atomic E-state index is 0.298. The Morgan fingerprint density at radius 2 is 2.27 bits per heavy atom. The molecule has 0 aromatic heterocycles. The molecule has 0 radical (unpaired) electrons. The molecule has 1 aromatic carbocycles. The number of ether oxygens (including phenoxy) is 1. The van der Waals surface area contributed by atoms with E-state index in [0.29, 0.717) is 5.75 Å². The van der Waals surface area contributed by atoms with E-state index in [1.807, 2.05) is 6.07 Å². The second-order valence-electron chi connectivity index (χ2n) is 3.30. The van der Waals surface area contributed by atoms with Gasteiger partial charge in [0.2, 0.25) is 0 Å². The standard InChI is InChI=1S/C11H16BrNO2/c1-15-6-2-5-13-8-9-7-10(14)3-4-11(9)12/h3-4,7,13-14H,2,5-6,8H2,1H3. The van der Waals surface area contributed by atoms with Gasteiger partial charge in [0.25, 0.3) is 0 Å². The molecule has 15 heavy (non-hydrogen) atoms. The maximum atomic E-state index is 9.31. The third-order valence-electron chi connectivity index (χ3n) is 2.05. The third kappa shape index (κ3) is 4.64. The van der Waals surface area contributed by atoms with E-state index >= 15 is 0 Å². The molecule has 2 N–H and O–H groups in total. The average Bonchev–Trinajstić information content (AvgIpc) is 2.23. The van der Waals surface area contributed by atoms with Crippen LogP contribution in [0.1, 0.15) is 12.0 Å². The third-order valence-corrected chi connectivity index (χ3v) is 2.82. The van der Waals surface area contributed by atoms with Crippen molar-refractivity contribution in [1.29, 1.82) is 0 Å². The summed E-state index contributed by atoms with van der Waals surface area (Å²) >= 11 is 3.44. The van der Waals surface area contributed by atoms with E-state index in [9.17, 15) is 5.11 Å². The Bertz CT molecular complexity index is 305. The highest BCUT2D eigenvalue weighted by molar-refractivity contribution is 9.10. The summed E-state index contributed by atoms with van der Waals surface area (Å²) in [7, 11) is 1.70. The van der Waals surface area contributed by atoms with Gasteiger partial charge in [0.05, 0.1) is 0 Å². The Hall–Kier alpha value is -0.580. The molecule has 0 saturated carbocycles. The lowest BCUT2D eigenvalue weighted by atomic mass is 10.2. The first-order chi connectivity index (χ1) is 7.24. The first-order valence-electron chi connectivity index (χ1n) is 4.91. The Labute approximate surface area is 98.6 Å². The Kier molecular flexibility index (Phi) is 5.68. The molecule has 0 atom stereocenters. The largest absolute Gasteiger partial charge is 0.508 e. The van der Waals surface area contributed by atoms with Gasteiger partial charge < -0.3 is 15.2 Å². The quantitative estimate of drug-likeness (QED) is 0.782. The van der Waals surface area contributed by atoms with E-state index in [2.05, 4.69) is 21.2 Å². The number of phenols is 1. The number of phenolic OH excluding ortho intramolecular Hbond substituents is 1. The predicted molar refractivity (Wildman–Crippen MR) is 64.0 cm³/mol. The zero-order valence-electron chi connectivity index (χ0n) is 8.79. The van der Waals surface area contributed by atoms with E-state index in [4.69, 9.17) is 4.74 Å². The monoisotopic (exact) mass is 273 g/mol. The number of benzene rings is 1. The average molecular weight is 274 g/mol. The van der Waals surface area contributed by atoms with Crippen molar-refractivity contribution in [3.63, 3.8) is 0 Å². The molecule has 0 bridgehead atoms. The van der Waals surface area contributed by atoms with Crippen LogP contribution in [-0.4, -0.2) is 25.4 Å². The highest BCUT2D eigenvalue weighted by atomic mass is 79.9. The lowest BCUT2D eigenvalue weighted by Gasteiger charge is -2.07. The fourth-order valence-corrected chi connectivity index (χ4v) is 1.65. The molecule has 0 saturated heterocycles. The molecule has 0 aliphatic rings. The van der Waals surface area contributed by atoms with Crippen molar-refractivity contribution < 1.29 is 9.84 Å². The lowest BCUT2D eigenvalue weighted by molar-refractivity contribution is 0.194. The van der Waals surface area contributed by atoms with Crippen LogP contribution in [0.15, 0.2) is 22.7 Å². The van der Waals surface area contributed by atoms with Crippen molar-refractivity contribution in [2.75, 3.05) is 20.3 Å². The van der Waals surface area contributed by atoms with Gasteiger partial charge in [-0.25, -0.2) is 0 Å². The van der Waals surface area contributed by atoms with E-state index < -0.39 is 0 Å². The Morgan fingerprint density at radius 3 is 3.00 bits per heavy atom. The summed E-state index contributed by atoms with van der Waals surface area (Å²) < 4.78 is 5.96. The van der Waals surface area contributed by atoms with Gasteiger partial charge in [-0.3, -0.25) is 0 Å². The van der Waals surface area contributed by atoms with Crippen molar-refractivity contribution in [3.8, 4) is 5.75 Å². The van der Waals surface area contributed by atoms with Gasteiger partial charge in [-0.1, -0.05) is 15.9 Å². The van der Waals surface area contributed by atoms with Gasteiger partial charge >= 0.3 is 0 Å². The van der Waals surface area contributed by atoms with Crippen molar-refractivity contribution in [2.45, 2.75) is 13.0 Å². The summed E-state index contributed by atoms with van der Waals surface area (Å²) in [6.45, 7) is 2.43. The maximum absolute atomic E-state index is 9.31. The summed E-state index contributed by atoms with van der Waals surface area (Å²) in [6.07, 6.45) is 0.993. The SMILES string of the molecule is COCCCNCc1cc(O)ccc1Br. The Balaban J connectivity index is 2.33. The summed E-state index contributed by atoms with van der Waals surface area (Å²) in [5, 5.41) is 12.6. The molecule has 0 amide bonds. The highest BCUT2D eigenvalue weighted by Crippen LogP contribution is 2.21. The zero-order chi connectivity index (χ0) is 11.1. The van der Waals surface area contributed by atoms with Crippen LogP contribution in [0.5, 0.6) is 5.75 Å². The molecule has 84 valence electrons. The van der Waals surface area contributed by atoms with E-state index in [0.717, 1.165) is 36.2 Å². The number of hydrogen-bond donors (Lipinski definition) is 2. The second-order valence-corrected chi connectivity index (χ2v) is 4.15. The van der Waals surface area contributed by atoms with Crippen LogP contribution >= 0.6 is 15.9 Å². The molecule has 0 aliphatic carbocycles. The topological polar surface area (TPSA) is 41.5 Å². The highest BCUT2D eigenvalue weighted by Gasteiger charge is 2.00. The second kappa shape index (κ2) is 6.82. The normalized spacial score (nSPS) is 10.5. The number of aromatic hydroxyl groups is 1. The first-order valence-corrected chi connectivity index (χ1v) is 5.70. The van der Waals surface area contributed by atoms with Crippen LogP contribution in [0.4, 0.5) is 0 Å². The molecule has 4 heteroatoms. The number of halogens is 1. The molecule has 1 rings (SSSR count). The number of methoxy groups -OCH3 is 1. The van der Waals surface area contributed by atoms with Gasteiger partial charge in [-0.05, 0) is 36.7 Å². The number of rotatable bonds is 6. The smallest absolute Gasteiger partial charge is 0.115 e. The molecule has 0 spiro atoms. The van der Waals surface area contributed by atoms with Gasteiger partial charge in [0.1, 0.15) is 5.75 Å². The molecular formula is C11H16BrNO2. The minimum Gasteiger partial charge on any atom is -0.508 e. The molecular weight excluding hydrogens is 258 g/mol. The van der Waals surface area contributed by atoms with E-state index in [1.165, 1.54) is 0 Å². The molecule has 3 nitrogen and oxygen atoms in total. The lowest BCUT2D eigenvalue weighted by Crippen LogP contribution is -2.16. The van der Waals surface area contributed by atoms with Crippen LogP contribution in [-0.2, 0) is 11.3 Å². The van der Waals surface area contributed by atoms with Crippen LogP contribution in [0.2, 0.25) is 0 Å². The molecule has 0 aliphatic heterocycles. The van der Waals surface area contributed by atoms with Crippen molar-refractivity contribution in [2.24, 2.45) is 0 Å². The minimum absolute atomic E-state index is 0.298. The van der Waals surface area contributed by atoms with Crippen molar-refractivity contribution >= 4 is 15.9 Å². The molecule has 0 heterocycles. The van der Waals surface area contributed by atoms with Crippen LogP contribution in [0, 0.1) is 0 Å². The van der Waals surface area contributed by atoms with Crippen molar-refractivity contribution in [1.82, 2.24) is 5.32 Å². The Morgan fingerprint density at radius 1 is 1.47 bits per heavy atom. The summed E-state index contributed by atoms with van der Waals surface area (Å²) in [6, 6.07) is 5.27. The van der Waals surface area contributed by atoms with Gasteiger partial charge in [-0.15, -0.1) is 0 Å². The molecule has 0 fully saturated rings. The number of hydrogen-bond acceptors (Lipinski definition) is 3. The van der Waals surface area contributed by atoms with Crippen LogP contribution in [0.3, 0.4) is 0 Å². The fourth-order valence-electron chi connectivity index (χ4n) is 1.26. The van der Waals surface area contributed by atoms with E-state index in [1.54, 1.807) is 19.2 Å². The van der Waals surface area contributed by atoms with Gasteiger partial charge in [-0.2, -0.15) is 0 Å². The first kappa shape index (κ1) is 12.5. The molecule has 0 unspecified atom stereocenters. The zero-order valence-corrected chi connectivity index (χ0v) is 10.4. The van der Waals surface area contributed by atoms with Crippen LogP contribution < -0.4 is 5.32 Å². The van der Waals surface area contributed by atoms with Gasteiger partial charge in [0, 0.05) is 24.7 Å². The summed E-state index contributed by atoms with van der Waals surface area (Å²) in [5.41, 5.74) is 1.06. The fraction of sp³-hybridized carbons (Fsp3) is 0.455. The number of nitrogens with one attached hydrogen (secondary N) is 1. The summed E-state index contributed by atoms with van der Waals surface area (Å²) in [4.78, 5) is 0. The van der Waals surface area contributed by atoms with E-state index in [-0.39, 0.29) is 0 Å². The predicted octanol–water partition coefficient (Wildman–Crippen LogP) is 2.28.